The molecular weight excluding hydrogens is 264 g/mol. The highest BCUT2D eigenvalue weighted by atomic mass is 35.5. The average molecular weight is 283 g/mol. The molecule has 0 aromatic heterocycles. The Kier molecular flexibility index (Phi) is 4.46. The van der Waals surface area contributed by atoms with Crippen molar-refractivity contribution in [3.05, 3.63) is 28.8 Å². The van der Waals surface area contributed by atoms with Crippen LogP contribution in [-0.2, 0) is 0 Å². The molecule has 0 unspecified atom stereocenters. The lowest BCUT2D eigenvalue weighted by atomic mass is 10.0. The van der Waals surface area contributed by atoms with E-state index < -0.39 is 0 Å². The smallest absolute Gasteiger partial charge is 0.173 e. The van der Waals surface area contributed by atoms with Gasteiger partial charge in [0.05, 0.1) is 0 Å². The SMILES string of the molecule is Cc1c(Cl)cccc1NC(=S)N1CCCC[C@H]1C. The van der Waals surface area contributed by atoms with Crippen LogP contribution in [0.5, 0.6) is 0 Å². The van der Waals surface area contributed by atoms with Crippen molar-refractivity contribution in [1.29, 1.82) is 0 Å². The Morgan fingerprint density at radius 1 is 1.44 bits per heavy atom. The number of likely N-dealkylation sites (tertiary alicyclic amines) is 1. The van der Waals surface area contributed by atoms with E-state index in [0.29, 0.717) is 6.04 Å². The van der Waals surface area contributed by atoms with Crippen LogP contribution in [0.25, 0.3) is 0 Å². The minimum Gasteiger partial charge on any atom is -0.346 e. The zero-order chi connectivity index (χ0) is 13.1. The lowest BCUT2D eigenvalue weighted by Crippen LogP contribution is -2.44. The van der Waals surface area contributed by atoms with Gasteiger partial charge in [0.25, 0.3) is 0 Å². The molecule has 1 heterocycles. The Morgan fingerprint density at radius 2 is 2.22 bits per heavy atom. The van der Waals surface area contributed by atoms with E-state index in [0.717, 1.165) is 27.9 Å². The van der Waals surface area contributed by atoms with Crippen molar-refractivity contribution < 1.29 is 0 Å². The number of nitrogens with one attached hydrogen (secondary N) is 1. The van der Waals surface area contributed by atoms with E-state index in [9.17, 15) is 0 Å². The molecule has 18 heavy (non-hydrogen) atoms. The van der Waals surface area contributed by atoms with Crippen molar-refractivity contribution in [3.8, 4) is 0 Å². The highest BCUT2D eigenvalue weighted by Crippen LogP contribution is 2.24. The van der Waals surface area contributed by atoms with E-state index in [2.05, 4.69) is 17.1 Å². The van der Waals surface area contributed by atoms with Gasteiger partial charge in [0, 0.05) is 23.3 Å². The molecule has 1 aromatic carbocycles. The van der Waals surface area contributed by atoms with Gasteiger partial charge in [0.15, 0.2) is 5.11 Å². The van der Waals surface area contributed by atoms with Crippen LogP contribution in [0, 0.1) is 6.92 Å². The first kappa shape index (κ1) is 13.6. The van der Waals surface area contributed by atoms with Gasteiger partial charge < -0.3 is 10.2 Å². The number of nitrogens with zero attached hydrogens (tertiary/aromatic N) is 1. The average Bonchev–Trinajstić information content (AvgIpc) is 2.35. The molecule has 1 atom stereocenters. The molecule has 2 nitrogen and oxygen atoms in total. The fraction of sp³-hybridized carbons (Fsp3) is 0.500. The minimum atomic E-state index is 0.526. The van der Waals surface area contributed by atoms with Crippen LogP contribution >= 0.6 is 23.8 Å². The highest BCUT2D eigenvalue weighted by molar-refractivity contribution is 7.80. The Morgan fingerprint density at radius 3 is 2.94 bits per heavy atom. The quantitative estimate of drug-likeness (QED) is 0.777. The van der Waals surface area contributed by atoms with Crippen LogP contribution in [0.15, 0.2) is 18.2 Å². The van der Waals surface area contributed by atoms with Gasteiger partial charge in [0.1, 0.15) is 0 Å². The lowest BCUT2D eigenvalue weighted by Gasteiger charge is -2.35. The molecule has 98 valence electrons. The number of benzene rings is 1. The number of hydrogen-bond acceptors (Lipinski definition) is 1. The summed E-state index contributed by atoms with van der Waals surface area (Å²) in [4.78, 5) is 2.28. The summed E-state index contributed by atoms with van der Waals surface area (Å²) in [6.45, 7) is 5.29. The predicted octanol–water partition coefficient (Wildman–Crippen LogP) is 4.22. The molecule has 1 N–H and O–H groups in total. The van der Waals surface area contributed by atoms with Crippen molar-refractivity contribution in [3.63, 3.8) is 0 Å². The second kappa shape index (κ2) is 5.89. The van der Waals surface area contributed by atoms with Gasteiger partial charge in [-0.25, -0.2) is 0 Å². The van der Waals surface area contributed by atoms with Gasteiger partial charge in [-0.1, -0.05) is 17.7 Å². The third kappa shape index (κ3) is 2.96. The van der Waals surface area contributed by atoms with Gasteiger partial charge in [-0.15, -0.1) is 0 Å². The van der Waals surface area contributed by atoms with E-state index in [-0.39, 0.29) is 0 Å². The maximum Gasteiger partial charge on any atom is 0.173 e. The van der Waals surface area contributed by atoms with Crippen molar-refractivity contribution in [2.75, 3.05) is 11.9 Å². The van der Waals surface area contributed by atoms with Crippen LogP contribution in [0.2, 0.25) is 5.02 Å². The zero-order valence-corrected chi connectivity index (χ0v) is 12.4. The van der Waals surface area contributed by atoms with Crippen LogP contribution in [0.4, 0.5) is 5.69 Å². The van der Waals surface area contributed by atoms with Crippen LogP contribution in [0.1, 0.15) is 31.7 Å². The van der Waals surface area contributed by atoms with Crippen molar-refractivity contribution in [1.82, 2.24) is 4.90 Å². The van der Waals surface area contributed by atoms with Crippen molar-refractivity contribution >= 4 is 34.6 Å². The highest BCUT2D eigenvalue weighted by Gasteiger charge is 2.20. The third-order valence-corrected chi connectivity index (χ3v) is 4.32. The molecule has 1 aliphatic rings. The minimum absolute atomic E-state index is 0.526. The molecule has 1 aromatic rings. The summed E-state index contributed by atoms with van der Waals surface area (Å²) in [5.41, 5.74) is 2.05. The number of rotatable bonds is 1. The molecule has 0 bridgehead atoms. The molecule has 0 radical (unpaired) electrons. The first-order valence-corrected chi connectivity index (χ1v) is 7.21. The number of hydrogen-bond donors (Lipinski definition) is 1. The predicted molar refractivity (Wildman–Crippen MR) is 82.4 cm³/mol. The maximum atomic E-state index is 6.11. The Labute approximate surface area is 119 Å². The summed E-state index contributed by atoms with van der Waals surface area (Å²) in [7, 11) is 0. The third-order valence-electron chi connectivity index (χ3n) is 3.57. The van der Waals surface area contributed by atoms with E-state index >= 15 is 0 Å². The van der Waals surface area contributed by atoms with E-state index in [1.165, 1.54) is 19.3 Å². The topological polar surface area (TPSA) is 15.3 Å². The first-order valence-electron chi connectivity index (χ1n) is 6.42. The van der Waals surface area contributed by atoms with E-state index in [1.54, 1.807) is 0 Å². The Bertz CT molecular complexity index is 447. The second-order valence-corrected chi connectivity index (χ2v) is 5.67. The normalized spacial score (nSPS) is 19.7. The molecular formula is C14H19ClN2S. The molecule has 0 saturated carbocycles. The monoisotopic (exact) mass is 282 g/mol. The van der Waals surface area contributed by atoms with Gasteiger partial charge >= 0.3 is 0 Å². The largest absolute Gasteiger partial charge is 0.346 e. The summed E-state index contributed by atoms with van der Waals surface area (Å²) in [5.74, 6) is 0. The van der Waals surface area contributed by atoms with Crippen LogP contribution in [0.3, 0.4) is 0 Å². The molecule has 4 heteroatoms. The summed E-state index contributed by atoms with van der Waals surface area (Å²) in [6, 6.07) is 6.38. The van der Waals surface area contributed by atoms with Crippen molar-refractivity contribution in [2.45, 2.75) is 39.2 Å². The van der Waals surface area contributed by atoms with Crippen LogP contribution < -0.4 is 5.32 Å². The lowest BCUT2D eigenvalue weighted by molar-refractivity contribution is 0.262. The summed E-state index contributed by atoms with van der Waals surface area (Å²) in [6.07, 6.45) is 3.74. The summed E-state index contributed by atoms with van der Waals surface area (Å²) in [5, 5.41) is 4.91. The molecule has 0 spiro atoms. The number of anilines is 1. The van der Waals surface area contributed by atoms with Gasteiger partial charge in [-0.2, -0.15) is 0 Å². The van der Waals surface area contributed by atoms with E-state index in [1.807, 2.05) is 25.1 Å². The Balaban J connectivity index is 2.09. The summed E-state index contributed by atoms with van der Waals surface area (Å²) >= 11 is 11.6. The Hall–Kier alpha value is -0.800. The maximum absolute atomic E-state index is 6.11. The standard InChI is InChI=1S/C14H19ClN2S/c1-10-6-3-4-9-17(10)14(18)16-13-8-5-7-12(15)11(13)2/h5,7-8,10H,3-4,6,9H2,1-2H3,(H,16,18)/t10-/m1/s1. The van der Waals surface area contributed by atoms with Crippen LogP contribution in [-0.4, -0.2) is 22.6 Å². The number of thiocarbonyl (C=S) groups is 1. The number of piperidine rings is 1. The van der Waals surface area contributed by atoms with Gasteiger partial charge in [-0.05, 0) is 63.0 Å². The van der Waals surface area contributed by atoms with E-state index in [4.69, 9.17) is 23.8 Å². The molecule has 0 amide bonds. The second-order valence-electron chi connectivity index (χ2n) is 4.88. The summed E-state index contributed by atoms with van der Waals surface area (Å²) < 4.78 is 0. The van der Waals surface area contributed by atoms with Crippen molar-refractivity contribution in [2.24, 2.45) is 0 Å². The fourth-order valence-electron chi connectivity index (χ4n) is 2.33. The fourth-order valence-corrected chi connectivity index (χ4v) is 2.89. The van der Waals surface area contributed by atoms with Gasteiger partial charge in [0.2, 0.25) is 0 Å². The molecule has 1 fully saturated rings. The zero-order valence-electron chi connectivity index (χ0n) is 10.9. The molecule has 1 aliphatic heterocycles. The van der Waals surface area contributed by atoms with Gasteiger partial charge in [-0.3, -0.25) is 0 Å². The first-order chi connectivity index (χ1) is 8.59. The molecule has 0 aliphatic carbocycles. The molecule has 2 rings (SSSR count). The number of halogens is 1. The molecule has 1 saturated heterocycles.